The molecule has 7 heteroatoms. The molecule has 0 spiro atoms. The molecule has 0 saturated carbocycles. The predicted octanol–water partition coefficient (Wildman–Crippen LogP) is 3.35. The maximum absolute atomic E-state index is 11.9. The lowest BCUT2D eigenvalue weighted by Crippen LogP contribution is -2.40. The Morgan fingerprint density at radius 3 is 2.20 bits per heavy atom. The summed E-state index contributed by atoms with van der Waals surface area (Å²) in [5.41, 5.74) is -0.477. The molecule has 1 rings (SSSR count). The van der Waals surface area contributed by atoms with Crippen LogP contribution >= 0.6 is 43.2 Å². The maximum atomic E-state index is 11.9. The maximum Gasteiger partial charge on any atom is 0.251 e. The zero-order chi connectivity index (χ0) is 11.9. The van der Waals surface area contributed by atoms with E-state index in [0.29, 0.717) is 8.68 Å². The van der Waals surface area contributed by atoms with Crippen LogP contribution in [-0.4, -0.2) is 14.0 Å². The van der Waals surface area contributed by atoms with Gasteiger partial charge in [-0.1, -0.05) is 0 Å². The van der Waals surface area contributed by atoms with Crippen LogP contribution < -0.4 is 4.72 Å². The highest BCUT2D eigenvalue weighted by atomic mass is 79.9. The molecule has 0 aliphatic carbocycles. The van der Waals surface area contributed by atoms with E-state index in [2.05, 4.69) is 36.6 Å². The Bertz CT molecular complexity index is 459. The highest BCUT2D eigenvalue weighted by molar-refractivity contribution is 9.11. The molecule has 86 valence electrons. The molecular weight excluding hydrogens is 366 g/mol. The lowest BCUT2D eigenvalue weighted by atomic mass is 10.1. The van der Waals surface area contributed by atoms with Crippen LogP contribution in [-0.2, 0) is 10.0 Å². The fraction of sp³-hybridized carbons (Fsp3) is 0.500. The van der Waals surface area contributed by atoms with Crippen molar-refractivity contribution in [3.8, 4) is 0 Å². The van der Waals surface area contributed by atoms with Crippen LogP contribution in [0.5, 0.6) is 0 Å². The van der Waals surface area contributed by atoms with E-state index in [0.717, 1.165) is 3.79 Å². The van der Waals surface area contributed by atoms with Crippen LogP contribution in [0.1, 0.15) is 20.8 Å². The molecular formula is C8H11Br2NO2S2. The number of nitrogens with one attached hydrogen (secondary N) is 1. The van der Waals surface area contributed by atoms with Crippen molar-refractivity contribution in [3.05, 3.63) is 14.3 Å². The lowest BCUT2D eigenvalue weighted by Gasteiger charge is -2.19. The molecule has 15 heavy (non-hydrogen) atoms. The average Bonchev–Trinajstić information content (AvgIpc) is 2.24. The van der Waals surface area contributed by atoms with Gasteiger partial charge in [-0.15, -0.1) is 11.3 Å². The van der Waals surface area contributed by atoms with Crippen molar-refractivity contribution in [2.45, 2.75) is 30.5 Å². The first-order valence-corrected chi connectivity index (χ1v) is 7.99. The summed E-state index contributed by atoms with van der Waals surface area (Å²) in [6.07, 6.45) is 0. The average molecular weight is 377 g/mol. The third-order valence-corrected chi connectivity index (χ3v) is 6.39. The third-order valence-electron chi connectivity index (χ3n) is 1.31. The minimum atomic E-state index is -3.44. The summed E-state index contributed by atoms with van der Waals surface area (Å²) < 4.78 is 28.1. The smallest absolute Gasteiger partial charge is 0.206 e. The van der Waals surface area contributed by atoms with Crippen molar-refractivity contribution < 1.29 is 8.42 Å². The molecule has 1 aromatic heterocycles. The Morgan fingerprint density at radius 1 is 1.33 bits per heavy atom. The molecule has 0 saturated heterocycles. The molecule has 0 aliphatic heterocycles. The number of thiophene rings is 1. The molecule has 0 aromatic carbocycles. The van der Waals surface area contributed by atoms with Crippen molar-refractivity contribution in [2.75, 3.05) is 0 Å². The van der Waals surface area contributed by atoms with Crippen LogP contribution in [0.3, 0.4) is 0 Å². The van der Waals surface area contributed by atoms with Gasteiger partial charge in [-0.25, -0.2) is 13.1 Å². The Balaban J connectivity index is 3.13. The predicted molar refractivity (Wildman–Crippen MR) is 69.8 cm³/mol. The summed E-state index contributed by atoms with van der Waals surface area (Å²) in [7, 11) is -3.44. The summed E-state index contributed by atoms with van der Waals surface area (Å²) >= 11 is 7.65. The van der Waals surface area contributed by atoms with Crippen LogP contribution in [0.15, 0.2) is 18.5 Å². The van der Waals surface area contributed by atoms with E-state index < -0.39 is 15.6 Å². The first-order chi connectivity index (χ1) is 6.62. The molecule has 1 heterocycles. The van der Waals surface area contributed by atoms with E-state index in [-0.39, 0.29) is 0 Å². The van der Waals surface area contributed by atoms with Gasteiger partial charge < -0.3 is 0 Å². The van der Waals surface area contributed by atoms with E-state index in [1.165, 1.54) is 11.3 Å². The number of halogens is 2. The number of hydrogen-bond acceptors (Lipinski definition) is 3. The van der Waals surface area contributed by atoms with Crippen molar-refractivity contribution in [1.82, 2.24) is 4.72 Å². The van der Waals surface area contributed by atoms with Gasteiger partial charge in [-0.3, -0.25) is 0 Å². The zero-order valence-electron chi connectivity index (χ0n) is 8.47. The van der Waals surface area contributed by atoms with Gasteiger partial charge in [0.05, 0.1) is 3.79 Å². The fourth-order valence-electron chi connectivity index (χ4n) is 0.958. The molecule has 0 fully saturated rings. The van der Waals surface area contributed by atoms with E-state index in [4.69, 9.17) is 0 Å². The Labute approximate surface area is 111 Å². The normalized spacial score (nSPS) is 13.1. The standard InChI is InChI=1S/C8H11Br2NO2S2/c1-8(2,3)11-15(12,13)7-5(9)4-6(10)14-7/h4,11H,1-3H3. The Kier molecular flexibility index (Phi) is 4.04. The molecule has 3 nitrogen and oxygen atoms in total. The van der Waals surface area contributed by atoms with Gasteiger partial charge in [0.15, 0.2) is 0 Å². The SMILES string of the molecule is CC(C)(C)NS(=O)(=O)c1sc(Br)cc1Br. The Morgan fingerprint density at radius 2 is 1.87 bits per heavy atom. The van der Waals surface area contributed by atoms with Crippen LogP contribution in [0.4, 0.5) is 0 Å². The van der Waals surface area contributed by atoms with Gasteiger partial charge in [-0.2, -0.15) is 0 Å². The topological polar surface area (TPSA) is 46.2 Å². The molecule has 1 aromatic rings. The van der Waals surface area contributed by atoms with E-state index in [9.17, 15) is 8.42 Å². The summed E-state index contributed by atoms with van der Waals surface area (Å²) in [5.74, 6) is 0. The van der Waals surface area contributed by atoms with Gasteiger partial charge >= 0.3 is 0 Å². The van der Waals surface area contributed by atoms with Crippen molar-refractivity contribution in [2.24, 2.45) is 0 Å². The summed E-state index contributed by atoms with van der Waals surface area (Å²) in [6.45, 7) is 5.42. The van der Waals surface area contributed by atoms with Crippen molar-refractivity contribution in [3.63, 3.8) is 0 Å². The first-order valence-electron chi connectivity index (χ1n) is 4.11. The molecule has 0 atom stereocenters. The van der Waals surface area contributed by atoms with Crippen LogP contribution in [0.25, 0.3) is 0 Å². The first kappa shape index (κ1) is 13.6. The minimum absolute atomic E-state index is 0.296. The van der Waals surface area contributed by atoms with E-state index in [1.54, 1.807) is 26.8 Å². The second-order valence-electron chi connectivity index (χ2n) is 4.04. The highest BCUT2D eigenvalue weighted by Gasteiger charge is 2.25. The second-order valence-corrected chi connectivity index (χ2v) is 9.20. The molecule has 0 aliphatic rings. The number of hydrogen-bond donors (Lipinski definition) is 1. The summed E-state index contributed by atoms with van der Waals surface area (Å²) in [6, 6.07) is 1.72. The van der Waals surface area contributed by atoms with Crippen LogP contribution in [0, 0.1) is 0 Å². The minimum Gasteiger partial charge on any atom is -0.206 e. The van der Waals surface area contributed by atoms with Crippen LogP contribution in [0.2, 0.25) is 0 Å². The van der Waals surface area contributed by atoms with Gasteiger partial charge in [-0.05, 0) is 58.7 Å². The summed E-state index contributed by atoms with van der Waals surface area (Å²) in [4.78, 5) is 0. The second kappa shape index (κ2) is 4.44. The third kappa shape index (κ3) is 3.81. The zero-order valence-corrected chi connectivity index (χ0v) is 13.3. The molecule has 1 N–H and O–H groups in total. The van der Waals surface area contributed by atoms with Gasteiger partial charge in [0.1, 0.15) is 4.21 Å². The van der Waals surface area contributed by atoms with Gasteiger partial charge in [0.2, 0.25) is 0 Å². The number of sulfonamides is 1. The fourth-order valence-corrected chi connectivity index (χ4v) is 6.12. The van der Waals surface area contributed by atoms with Gasteiger partial charge in [0.25, 0.3) is 10.0 Å². The van der Waals surface area contributed by atoms with Crippen molar-refractivity contribution in [1.29, 1.82) is 0 Å². The molecule has 0 unspecified atom stereocenters. The molecule has 0 bridgehead atoms. The lowest BCUT2D eigenvalue weighted by molar-refractivity contribution is 0.492. The largest absolute Gasteiger partial charge is 0.251 e. The molecule has 0 amide bonds. The number of rotatable bonds is 2. The monoisotopic (exact) mass is 375 g/mol. The van der Waals surface area contributed by atoms with E-state index >= 15 is 0 Å². The highest BCUT2D eigenvalue weighted by Crippen LogP contribution is 2.35. The Hall–Kier alpha value is 0.570. The van der Waals surface area contributed by atoms with E-state index in [1.807, 2.05) is 0 Å². The van der Waals surface area contributed by atoms with Crippen molar-refractivity contribution >= 4 is 53.2 Å². The quantitative estimate of drug-likeness (QED) is 0.860. The summed E-state index contributed by atoms with van der Waals surface area (Å²) in [5, 5.41) is 0. The molecule has 0 radical (unpaired) electrons. The van der Waals surface area contributed by atoms with Gasteiger partial charge in [0, 0.05) is 10.0 Å².